The van der Waals surface area contributed by atoms with E-state index in [2.05, 4.69) is 21.2 Å². The Morgan fingerprint density at radius 3 is 2.43 bits per heavy atom. The number of hydrogen-bond donors (Lipinski definition) is 1. The molecule has 152 valence electrons. The molecule has 0 spiro atoms. The Hall–Kier alpha value is -3.32. The number of ether oxygens (including phenoxy) is 2. The van der Waals surface area contributed by atoms with Crippen molar-refractivity contribution < 1.29 is 14.3 Å². The predicted octanol–water partition coefficient (Wildman–Crippen LogP) is 5.34. The quantitative estimate of drug-likeness (QED) is 0.431. The number of aryl methyl sites for hydroxylation is 1. The Morgan fingerprint density at radius 1 is 1.00 bits per heavy atom. The highest BCUT2D eigenvalue weighted by Crippen LogP contribution is 2.35. The zero-order chi connectivity index (χ0) is 21.3. The number of methoxy groups -OCH3 is 2. The summed E-state index contributed by atoms with van der Waals surface area (Å²) in [6.45, 7) is 2.00. The second kappa shape index (κ2) is 8.20. The highest BCUT2D eigenvalue weighted by Gasteiger charge is 2.19. The molecule has 0 unspecified atom stereocenters. The zero-order valence-corrected chi connectivity index (χ0v) is 18.4. The molecule has 0 aliphatic rings. The molecule has 0 fully saturated rings. The Balaban J connectivity index is 1.84. The van der Waals surface area contributed by atoms with Gasteiger partial charge in [-0.15, -0.1) is 0 Å². The van der Waals surface area contributed by atoms with Gasteiger partial charge in [0.1, 0.15) is 17.2 Å². The average Bonchev–Trinajstić information content (AvgIpc) is 3.11. The molecule has 2 aromatic carbocycles. The molecule has 7 heteroatoms. The van der Waals surface area contributed by atoms with Crippen LogP contribution in [0.4, 0.5) is 5.82 Å². The van der Waals surface area contributed by atoms with Crippen molar-refractivity contribution in [1.29, 1.82) is 0 Å². The van der Waals surface area contributed by atoms with E-state index in [1.54, 1.807) is 26.4 Å². The molecule has 0 saturated carbocycles. The molecule has 1 amide bonds. The number of benzene rings is 2. The van der Waals surface area contributed by atoms with Gasteiger partial charge in [0.2, 0.25) is 0 Å². The number of anilines is 1. The van der Waals surface area contributed by atoms with Crippen molar-refractivity contribution in [1.82, 2.24) is 9.38 Å². The minimum absolute atomic E-state index is 0.215. The first kappa shape index (κ1) is 20.0. The fourth-order valence-electron chi connectivity index (χ4n) is 3.24. The van der Waals surface area contributed by atoms with Gasteiger partial charge >= 0.3 is 0 Å². The minimum atomic E-state index is -0.215. The maximum absolute atomic E-state index is 12.9. The summed E-state index contributed by atoms with van der Waals surface area (Å²) in [5, 5.41) is 3.04. The highest BCUT2D eigenvalue weighted by atomic mass is 79.9. The fraction of sp³-hybridized carbons (Fsp3) is 0.130. The van der Waals surface area contributed by atoms with Crippen LogP contribution in [0.3, 0.4) is 0 Å². The Labute approximate surface area is 182 Å². The molecule has 4 aromatic rings. The van der Waals surface area contributed by atoms with Crippen molar-refractivity contribution in [3.8, 4) is 22.8 Å². The van der Waals surface area contributed by atoms with Crippen molar-refractivity contribution >= 4 is 33.3 Å². The summed E-state index contributed by atoms with van der Waals surface area (Å²) in [7, 11) is 3.18. The van der Waals surface area contributed by atoms with Crippen molar-refractivity contribution in [2.24, 2.45) is 0 Å². The van der Waals surface area contributed by atoms with Crippen molar-refractivity contribution in [3.63, 3.8) is 0 Å². The summed E-state index contributed by atoms with van der Waals surface area (Å²) >= 11 is 3.40. The first-order valence-corrected chi connectivity index (χ1v) is 10.1. The Bertz CT molecular complexity index is 1230. The van der Waals surface area contributed by atoms with Gasteiger partial charge in [-0.3, -0.25) is 9.20 Å². The highest BCUT2D eigenvalue weighted by molar-refractivity contribution is 9.10. The van der Waals surface area contributed by atoms with Gasteiger partial charge in [0.05, 0.1) is 14.2 Å². The lowest BCUT2D eigenvalue weighted by molar-refractivity contribution is 0.102. The maximum Gasteiger partial charge on any atom is 0.256 e. The molecule has 30 heavy (non-hydrogen) atoms. The Kier molecular flexibility index (Phi) is 5.46. The molecule has 0 saturated heterocycles. The van der Waals surface area contributed by atoms with Gasteiger partial charge in [-0.05, 0) is 61.0 Å². The van der Waals surface area contributed by atoms with Gasteiger partial charge in [-0.1, -0.05) is 22.0 Å². The van der Waals surface area contributed by atoms with E-state index in [0.29, 0.717) is 28.6 Å². The van der Waals surface area contributed by atoms with Crippen LogP contribution >= 0.6 is 15.9 Å². The zero-order valence-electron chi connectivity index (χ0n) is 16.8. The molecule has 2 aromatic heterocycles. The lowest BCUT2D eigenvalue weighted by Crippen LogP contribution is -2.14. The third-order valence-corrected chi connectivity index (χ3v) is 5.29. The standard InChI is InChI=1S/C23H20BrN3O3/c1-14-4-11-20-25-21(16-7-10-18(29-2)19(12-16)30-3)22(27(20)13-14)26-23(28)15-5-8-17(24)9-6-15/h4-13H,1-3H3,(H,26,28). The van der Waals surface area contributed by atoms with Crippen molar-refractivity contribution in [2.45, 2.75) is 6.92 Å². The van der Waals surface area contributed by atoms with E-state index in [1.807, 2.05) is 60.0 Å². The lowest BCUT2D eigenvalue weighted by atomic mass is 10.1. The van der Waals surface area contributed by atoms with Gasteiger partial charge < -0.3 is 14.8 Å². The van der Waals surface area contributed by atoms with E-state index in [0.717, 1.165) is 21.2 Å². The molecule has 0 aliphatic heterocycles. The van der Waals surface area contributed by atoms with E-state index in [4.69, 9.17) is 14.5 Å². The van der Waals surface area contributed by atoms with Crippen LogP contribution in [-0.2, 0) is 0 Å². The largest absolute Gasteiger partial charge is 0.493 e. The summed E-state index contributed by atoms with van der Waals surface area (Å²) in [6.07, 6.45) is 1.95. The van der Waals surface area contributed by atoms with Crippen LogP contribution in [0.1, 0.15) is 15.9 Å². The van der Waals surface area contributed by atoms with Crippen LogP contribution in [0.25, 0.3) is 16.9 Å². The number of nitrogens with zero attached hydrogens (tertiary/aromatic N) is 2. The third-order valence-electron chi connectivity index (χ3n) is 4.76. The summed E-state index contributed by atoms with van der Waals surface area (Å²) in [6, 6.07) is 16.7. The van der Waals surface area contributed by atoms with Crippen LogP contribution < -0.4 is 14.8 Å². The third kappa shape index (κ3) is 3.76. The molecular weight excluding hydrogens is 446 g/mol. The summed E-state index contributed by atoms with van der Waals surface area (Å²) in [5.74, 6) is 1.59. The number of rotatable bonds is 5. The van der Waals surface area contributed by atoms with E-state index in [9.17, 15) is 4.79 Å². The van der Waals surface area contributed by atoms with Gasteiger partial charge in [-0.25, -0.2) is 4.98 Å². The van der Waals surface area contributed by atoms with Crippen molar-refractivity contribution in [2.75, 3.05) is 19.5 Å². The molecule has 0 radical (unpaired) electrons. The number of nitrogens with one attached hydrogen (secondary N) is 1. The van der Waals surface area contributed by atoms with Crippen LogP contribution in [0, 0.1) is 6.92 Å². The van der Waals surface area contributed by atoms with E-state index >= 15 is 0 Å². The van der Waals surface area contributed by atoms with Crippen LogP contribution in [0.2, 0.25) is 0 Å². The number of halogens is 1. The second-order valence-corrected chi connectivity index (χ2v) is 7.69. The monoisotopic (exact) mass is 465 g/mol. The van der Waals surface area contributed by atoms with Crippen LogP contribution in [0.5, 0.6) is 11.5 Å². The summed E-state index contributed by atoms with van der Waals surface area (Å²) in [4.78, 5) is 17.7. The number of carbonyl (C=O) groups is 1. The number of hydrogen-bond acceptors (Lipinski definition) is 4. The topological polar surface area (TPSA) is 64.9 Å². The predicted molar refractivity (Wildman–Crippen MR) is 121 cm³/mol. The molecule has 0 atom stereocenters. The SMILES string of the molecule is COc1ccc(-c2nc3ccc(C)cn3c2NC(=O)c2ccc(Br)cc2)cc1OC. The Morgan fingerprint density at radius 2 is 1.73 bits per heavy atom. The molecule has 0 bridgehead atoms. The molecule has 4 rings (SSSR count). The molecular formula is C23H20BrN3O3. The van der Waals surface area contributed by atoms with Gasteiger partial charge in [-0.2, -0.15) is 0 Å². The molecule has 0 aliphatic carbocycles. The van der Waals surface area contributed by atoms with Gasteiger partial charge in [0.15, 0.2) is 11.5 Å². The number of aromatic nitrogens is 2. The number of fused-ring (bicyclic) bond motifs is 1. The number of pyridine rings is 1. The normalized spacial score (nSPS) is 10.8. The van der Waals surface area contributed by atoms with Crippen LogP contribution in [-0.4, -0.2) is 29.5 Å². The van der Waals surface area contributed by atoms with Crippen molar-refractivity contribution in [3.05, 3.63) is 76.4 Å². The second-order valence-electron chi connectivity index (χ2n) is 6.77. The smallest absolute Gasteiger partial charge is 0.256 e. The lowest BCUT2D eigenvalue weighted by Gasteiger charge is -2.11. The van der Waals surface area contributed by atoms with E-state index in [1.165, 1.54) is 0 Å². The molecule has 1 N–H and O–H groups in total. The average molecular weight is 466 g/mol. The fourth-order valence-corrected chi connectivity index (χ4v) is 3.50. The minimum Gasteiger partial charge on any atom is -0.493 e. The number of imidazole rings is 1. The van der Waals surface area contributed by atoms with E-state index in [-0.39, 0.29) is 5.91 Å². The number of carbonyl (C=O) groups excluding carboxylic acids is 1. The van der Waals surface area contributed by atoms with Crippen LogP contribution in [0.15, 0.2) is 65.3 Å². The summed E-state index contributed by atoms with van der Waals surface area (Å²) in [5.41, 5.74) is 3.79. The first-order valence-electron chi connectivity index (χ1n) is 9.28. The maximum atomic E-state index is 12.9. The summed E-state index contributed by atoms with van der Waals surface area (Å²) < 4.78 is 13.6. The molecule has 6 nitrogen and oxygen atoms in total. The van der Waals surface area contributed by atoms with E-state index < -0.39 is 0 Å². The molecule has 2 heterocycles. The van der Waals surface area contributed by atoms with Gasteiger partial charge in [0, 0.05) is 21.8 Å². The van der Waals surface area contributed by atoms with Gasteiger partial charge in [0.25, 0.3) is 5.91 Å². The number of amides is 1. The first-order chi connectivity index (χ1) is 14.5.